The number of nitrogens with one attached hydrogen (secondary N) is 1. The van der Waals surface area contributed by atoms with Crippen molar-refractivity contribution in [2.24, 2.45) is 5.92 Å². The smallest absolute Gasteiger partial charge is 0.120 e. The van der Waals surface area contributed by atoms with E-state index in [1.807, 2.05) is 26.0 Å². The van der Waals surface area contributed by atoms with Gasteiger partial charge in [-0.25, -0.2) is 0 Å². The highest BCUT2D eigenvalue weighted by atomic mass is 16.5. The fourth-order valence-corrected chi connectivity index (χ4v) is 2.35. The Kier molecular flexibility index (Phi) is 4.48. The Morgan fingerprint density at radius 2 is 2.16 bits per heavy atom. The van der Waals surface area contributed by atoms with Crippen LogP contribution in [-0.2, 0) is 6.54 Å². The van der Waals surface area contributed by atoms with Crippen LogP contribution < -0.4 is 10.1 Å². The molecule has 0 heterocycles. The molecule has 1 aromatic rings. The highest BCUT2D eigenvalue weighted by Gasteiger charge is 2.40. The predicted molar refractivity (Wildman–Crippen MR) is 77.3 cm³/mol. The molecule has 1 saturated carbocycles. The lowest BCUT2D eigenvalue weighted by molar-refractivity contribution is 0.153. The van der Waals surface area contributed by atoms with Crippen molar-refractivity contribution < 1.29 is 9.84 Å². The molecule has 1 fully saturated rings. The van der Waals surface area contributed by atoms with E-state index >= 15 is 0 Å². The first-order valence-corrected chi connectivity index (χ1v) is 7.15. The fourth-order valence-electron chi connectivity index (χ4n) is 2.35. The van der Waals surface area contributed by atoms with Crippen LogP contribution in [0.4, 0.5) is 0 Å². The SMILES string of the molecule is CC(C)Oc1cccc(CNC(C)(CO)C2CC2)c1. The summed E-state index contributed by atoms with van der Waals surface area (Å²) in [4.78, 5) is 0. The predicted octanol–water partition coefficient (Wildman–Crippen LogP) is 2.72. The van der Waals surface area contributed by atoms with Crippen molar-refractivity contribution in [2.45, 2.75) is 51.8 Å². The lowest BCUT2D eigenvalue weighted by Gasteiger charge is -2.29. The highest BCUT2D eigenvalue weighted by Crippen LogP contribution is 2.39. The van der Waals surface area contributed by atoms with Crippen molar-refractivity contribution >= 4 is 0 Å². The molecule has 1 aromatic carbocycles. The van der Waals surface area contributed by atoms with Crippen LogP contribution in [0.1, 0.15) is 39.2 Å². The normalized spacial score (nSPS) is 18.4. The minimum Gasteiger partial charge on any atom is -0.491 e. The van der Waals surface area contributed by atoms with Gasteiger partial charge in [-0.15, -0.1) is 0 Å². The van der Waals surface area contributed by atoms with Crippen LogP contribution in [0.15, 0.2) is 24.3 Å². The van der Waals surface area contributed by atoms with E-state index in [0.717, 1.165) is 12.3 Å². The van der Waals surface area contributed by atoms with Gasteiger partial charge in [0, 0.05) is 12.1 Å². The van der Waals surface area contributed by atoms with Gasteiger partial charge in [0.1, 0.15) is 5.75 Å². The van der Waals surface area contributed by atoms with E-state index in [2.05, 4.69) is 24.4 Å². The van der Waals surface area contributed by atoms with Crippen LogP contribution in [0.25, 0.3) is 0 Å². The summed E-state index contributed by atoms with van der Waals surface area (Å²) in [5.41, 5.74) is 1.05. The maximum Gasteiger partial charge on any atom is 0.120 e. The number of aliphatic hydroxyl groups excluding tert-OH is 1. The van der Waals surface area contributed by atoms with Gasteiger partial charge < -0.3 is 15.2 Å². The van der Waals surface area contributed by atoms with Gasteiger partial charge in [0.15, 0.2) is 0 Å². The number of aliphatic hydroxyl groups is 1. The molecule has 0 radical (unpaired) electrons. The number of rotatable bonds is 7. The molecule has 0 amide bonds. The van der Waals surface area contributed by atoms with E-state index in [1.165, 1.54) is 18.4 Å². The lowest BCUT2D eigenvalue weighted by atomic mass is 9.96. The van der Waals surface area contributed by atoms with Crippen molar-refractivity contribution in [3.8, 4) is 5.75 Å². The van der Waals surface area contributed by atoms with Gasteiger partial charge in [-0.1, -0.05) is 12.1 Å². The van der Waals surface area contributed by atoms with Crippen LogP contribution in [0.5, 0.6) is 5.75 Å². The van der Waals surface area contributed by atoms with Crippen LogP contribution in [0.3, 0.4) is 0 Å². The second-order valence-electron chi connectivity index (χ2n) is 6.02. The van der Waals surface area contributed by atoms with Gasteiger partial charge >= 0.3 is 0 Å². The second-order valence-corrected chi connectivity index (χ2v) is 6.02. The maximum atomic E-state index is 9.56. The van der Waals surface area contributed by atoms with Crippen LogP contribution >= 0.6 is 0 Å². The van der Waals surface area contributed by atoms with E-state index in [9.17, 15) is 5.11 Å². The first-order chi connectivity index (χ1) is 9.03. The summed E-state index contributed by atoms with van der Waals surface area (Å²) < 4.78 is 5.70. The number of hydrogen-bond donors (Lipinski definition) is 2. The third kappa shape index (κ3) is 3.95. The van der Waals surface area contributed by atoms with E-state index < -0.39 is 0 Å². The standard InChI is InChI=1S/C16H25NO2/c1-12(2)19-15-6-4-5-13(9-15)10-17-16(3,11-18)14-7-8-14/h4-6,9,12,14,17-18H,7-8,10-11H2,1-3H3. The molecule has 0 spiro atoms. The summed E-state index contributed by atoms with van der Waals surface area (Å²) in [5, 5.41) is 13.1. The molecule has 3 heteroatoms. The van der Waals surface area contributed by atoms with Gasteiger partial charge in [-0.3, -0.25) is 0 Å². The zero-order chi connectivity index (χ0) is 13.9. The Labute approximate surface area is 116 Å². The highest BCUT2D eigenvalue weighted by molar-refractivity contribution is 5.28. The topological polar surface area (TPSA) is 41.5 Å². The molecule has 19 heavy (non-hydrogen) atoms. The molecule has 2 N–H and O–H groups in total. The lowest BCUT2D eigenvalue weighted by Crippen LogP contribution is -2.47. The molecule has 1 atom stereocenters. The van der Waals surface area contributed by atoms with Crippen molar-refractivity contribution in [1.29, 1.82) is 0 Å². The van der Waals surface area contributed by atoms with Gasteiger partial charge in [0.25, 0.3) is 0 Å². The summed E-state index contributed by atoms with van der Waals surface area (Å²) in [6.45, 7) is 7.13. The minimum atomic E-state index is -0.144. The number of hydrogen-bond acceptors (Lipinski definition) is 3. The first kappa shape index (κ1) is 14.4. The first-order valence-electron chi connectivity index (χ1n) is 7.15. The Bertz CT molecular complexity index is 415. The second kappa shape index (κ2) is 5.93. The third-order valence-corrected chi connectivity index (χ3v) is 3.77. The maximum absolute atomic E-state index is 9.56. The van der Waals surface area contributed by atoms with Crippen molar-refractivity contribution in [1.82, 2.24) is 5.32 Å². The Morgan fingerprint density at radius 3 is 2.74 bits per heavy atom. The van der Waals surface area contributed by atoms with Gasteiger partial charge in [-0.05, 0) is 57.2 Å². The Balaban J connectivity index is 1.95. The molecule has 2 rings (SSSR count). The Morgan fingerprint density at radius 1 is 1.42 bits per heavy atom. The molecule has 1 unspecified atom stereocenters. The van der Waals surface area contributed by atoms with Gasteiger partial charge in [0.2, 0.25) is 0 Å². The summed E-state index contributed by atoms with van der Waals surface area (Å²) in [7, 11) is 0. The summed E-state index contributed by atoms with van der Waals surface area (Å²) >= 11 is 0. The summed E-state index contributed by atoms with van der Waals surface area (Å²) in [6, 6.07) is 8.15. The Hall–Kier alpha value is -1.06. The molecular weight excluding hydrogens is 238 g/mol. The molecule has 0 saturated heterocycles. The molecule has 0 aliphatic heterocycles. The average molecular weight is 263 g/mol. The molecule has 0 bridgehead atoms. The molecule has 3 nitrogen and oxygen atoms in total. The van der Waals surface area contributed by atoms with E-state index in [4.69, 9.17) is 4.74 Å². The fraction of sp³-hybridized carbons (Fsp3) is 0.625. The molecule has 0 aromatic heterocycles. The molecule has 1 aliphatic carbocycles. The zero-order valence-corrected chi connectivity index (χ0v) is 12.1. The zero-order valence-electron chi connectivity index (χ0n) is 12.1. The summed E-state index contributed by atoms with van der Waals surface area (Å²) in [5.74, 6) is 1.53. The van der Waals surface area contributed by atoms with Crippen molar-refractivity contribution in [3.63, 3.8) is 0 Å². The number of benzene rings is 1. The third-order valence-electron chi connectivity index (χ3n) is 3.77. The van der Waals surface area contributed by atoms with Crippen molar-refractivity contribution in [3.05, 3.63) is 29.8 Å². The summed E-state index contributed by atoms with van der Waals surface area (Å²) in [6.07, 6.45) is 2.64. The largest absolute Gasteiger partial charge is 0.491 e. The molecule has 106 valence electrons. The quantitative estimate of drug-likeness (QED) is 0.795. The van der Waals surface area contributed by atoms with Gasteiger partial charge in [0.05, 0.1) is 12.7 Å². The van der Waals surface area contributed by atoms with E-state index in [1.54, 1.807) is 0 Å². The van der Waals surface area contributed by atoms with E-state index in [0.29, 0.717) is 5.92 Å². The molecular formula is C16H25NO2. The van der Waals surface area contributed by atoms with Gasteiger partial charge in [-0.2, -0.15) is 0 Å². The minimum absolute atomic E-state index is 0.144. The van der Waals surface area contributed by atoms with Crippen LogP contribution in [-0.4, -0.2) is 23.4 Å². The monoisotopic (exact) mass is 263 g/mol. The van der Waals surface area contributed by atoms with Crippen molar-refractivity contribution in [2.75, 3.05) is 6.61 Å². The van der Waals surface area contributed by atoms with E-state index in [-0.39, 0.29) is 18.2 Å². The van der Waals surface area contributed by atoms with Crippen LogP contribution in [0.2, 0.25) is 0 Å². The molecule has 1 aliphatic rings. The average Bonchev–Trinajstić information content (AvgIpc) is 3.20. The number of ether oxygens (including phenoxy) is 1. The van der Waals surface area contributed by atoms with Crippen LogP contribution in [0, 0.1) is 5.92 Å².